The van der Waals surface area contributed by atoms with Crippen LogP contribution in [0.4, 0.5) is 4.39 Å². The summed E-state index contributed by atoms with van der Waals surface area (Å²) in [5.74, 6) is 1.09. The largest absolute Gasteiger partial charge is 0.332 e. The Labute approximate surface area is 116 Å². The van der Waals surface area contributed by atoms with Crippen molar-refractivity contribution >= 4 is 0 Å². The Morgan fingerprint density at radius 2 is 2.10 bits per heavy atom. The van der Waals surface area contributed by atoms with Crippen LogP contribution in [0, 0.1) is 11.7 Å². The third-order valence-electron chi connectivity index (χ3n) is 3.98. The Hall–Kier alpha value is -1.82. The van der Waals surface area contributed by atoms with Crippen molar-refractivity contribution in [3.05, 3.63) is 30.0 Å². The topological polar surface area (TPSA) is 77.8 Å². The summed E-state index contributed by atoms with van der Waals surface area (Å²) in [6.07, 6.45) is 4.96. The first kappa shape index (κ1) is 13.2. The van der Waals surface area contributed by atoms with Crippen molar-refractivity contribution in [2.24, 2.45) is 11.7 Å². The van der Waals surface area contributed by atoms with Crippen LogP contribution in [-0.2, 0) is 5.54 Å². The van der Waals surface area contributed by atoms with Gasteiger partial charge >= 0.3 is 0 Å². The Kier molecular flexibility index (Phi) is 3.25. The van der Waals surface area contributed by atoms with Gasteiger partial charge in [0, 0.05) is 0 Å². The van der Waals surface area contributed by atoms with Crippen molar-refractivity contribution in [3.63, 3.8) is 0 Å². The van der Waals surface area contributed by atoms with Gasteiger partial charge in [-0.15, -0.1) is 0 Å². The second-order valence-corrected chi connectivity index (χ2v) is 5.62. The molecule has 6 heteroatoms. The van der Waals surface area contributed by atoms with E-state index >= 15 is 0 Å². The van der Waals surface area contributed by atoms with Gasteiger partial charge in [-0.05, 0) is 43.7 Å². The fourth-order valence-corrected chi connectivity index (χ4v) is 2.53. The second-order valence-electron chi connectivity index (χ2n) is 5.62. The number of pyridine rings is 1. The van der Waals surface area contributed by atoms with E-state index in [1.165, 1.54) is 12.1 Å². The summed E-state index contributed by atoms with van der Waals surface area (Å²) in [6.45, 7) is 2.23. The van der Waals surface area contributed by atoms with E-state index in [1.54, 1.807) is 0 Å². The molecule has 3 rings (SSSR count). The SMILES string of the molecule is CC1CCC(N)(c2noc(-c3ccc(F)cn3)n2)CC1. The number of nitrogens with two attached hydrogens (primary N) is 1. The Bertz CT molecular complexity index is 587. The van der Waals surface area contributed by atoms with Gasteiger partial charge in [0.1, 0.15) is 11.5 Å². The summed E-state index contributed by atoms with van der Waals surface area (Å²) in [4.78, 5) is 8.27. The van der Waals surface area contributed by atoms with Gasteiger partial charge in [0.25, 0.3) is 5.89 Å². The number of nitrogens with zero attached hydrogens (tertiary/aromatic N) is 3. The van der Waals surface area contributed by atoms with Crippen LogP contribution in [0.5, 0.6) is 0 Å². The molecule has 1 aliphatic rings. The number of hydrogen-bond acceptors (Lipinski definition) is 5. The molecular formula is C14H17FN4O. The zero-order valence-corrected chi connectivity index (χ0v) is 11.3. The molecular weight excluding hydrogens is 259 g/mol. The molecule has 5 nitrogen and oxygen atoms in total. The molecule has 0 spiro atoms. The summed E-state index contributed by atoms with van der Waals surface area (Å²) in [5.41, 5.74) is 6.33. The molecule has 0 bridgehead atoms. The standard InChI is InChI=1S/C14H17FN4O/c1-9-4-6-14(16,7-5-9)13-18-12(20-19-13)11-3-2-10(15)8-17-11/h2-3,8-9H,4-7,16H2,1H3. The molecule has 0 unspecified atom stereocenters. The molecule has 2 N–H and O–H groups in total. The first-order chi connectivity index (χ1) is 9.57. The minimum Gasteiger partial charge on any atom is -0.332 e. The van der Waals surface area contributed by atoms with E-state index in [2.05, 4.69) is 22.0 Å². The number of hydrogen-bond donors (Lipinski definition) is 1. The molecule has 20 heavy (non-hydrogen) atoms. The average Bonchev–Trinajstić information content (AvgIpc) is 2.94. The number of aromatic nitrogens is 3. The molecule has 0 radical (unpaired) electrons. The highest BCUT2D eigenvalue weighted by Gasteiger charge is 2.36. The normalized spacial score (nSPS) is 26.6. The van der Waals surface area contributed by atoms with Gasteiger partial charge in [-0.2, -0.15) is 4.98 Å². The quantitative estimate of drug-likeness (QED) is 0.912. The highest BCUT2D eigenvalue weighted by molar-refractivity contribution is 5.45. The molecule has 0 aliphatic heterocycles. The minimum atomic E-state index is -0.520. The van der Waals surface area contributed by atoms with Gasteiger partial charge in [-0.3, -0.25) is 0 Å². The van der Waals surface area contributed by atoms with Gasteiger partial charge in [-0.1, -0.05) is 12.1 Å². The average molecular weight is 276 g/mol. The summed E-state index contributed by atoms with van der Waals surface area (Å²) >= 11 is 0. The van der Waals surface area contributed by atoms with Crippen molar-refractivity contribution in [2.75, 3.05) is 0 Å². The maximum atomic E-state index is 12.8. The third kappa shape index (κ3) is 2.43. The molecule has 2 aromatic heterocycles. The monoisotopic (exact) mass is 276 g/mol. The molecule has 106 valence electrons. The predicted molar refractivity (Wildman–Crippen MR) is 71.0 cm³/mol. The highest BCUT2D eigenvalue weighted by atomic mass is 19.1. The maximum Gasteiger partial charge on any atom is 0.276 e. The third-order valence-corrected chi connectivity index (χ3v) is 3.98. The molecule has 0 saturated heterocycles. The Balaban J connectivity index is 1.85. The smallest absolute Gasteiger partial charge is 0.276 e. The number of rotatable bonds is 2. The predicted octanol–water partition coefficient (Wildman–Crippen LogP) is 2.63. The summed E-state index contributed by atoms with van der Waals surface area (Å²) in [7, 11) is 0. The molecule has 0 amide bonds. The van der Waals surface area contributed by atoms with E-state index in [9.17, 15) is 4.39 Å². The fraction of sp³-hybridized carbons (Fsp3) is 0.500. The first-order valence-corrected chi connectivity index (χ1v) is 6.82. The van der Waals surface area contributed by atoms with E-state index in [0.29, 0.717) is 17.4 Å². The summed E-state index contributed by atoms with van der Waals surface area (Å²) < 4.78 is 18.1. The van der Waals surface area contributed by atoms with Crippen molar-refractivity contribution in [1.82, 2.24) is 15.1 Å². The van der Waals surface area contributed by atoms with Crippen molar-refractivity contribution < 1.29 is 8.91 Å². The molecule has 2 heterocycles. The summed E-state index contributed by atoms with van der Waals surface area (Å²) in [6, 6.07) is 2.82. The molecule has 0 atom stereocenters. The minimum absolute atomic E-state index is 0.281. The van der Waals surface area contributed by atoms with Gasteiger partial charge in [-0.25, -0.2) is 9.37 Å². The van der Waals surface area contributed by atoms with Gasteiger partial charge < -0.3 is 10.3 Å². The first-order valence-electron chi connectivity index (χ1n) is 6.82. The van der Waals surface area contributed by atoms with Gasteiger partial charge in [0.15, 0.2) is 5.82 Å². The zero-order valence-electron chi connectivity index (χ0n) is 11.3. The Morgan fingerprint density at radius 1 is 1.35 bits per heavy atom. The van der Waals surface area contributed by atoms with E-state index in [4.69, 9.17) is 10.3 Å². The van der Waals surface area contributed by atoms with Crippen LogP contribution < -0.4 is 5.73 Å². The van der Waals surface area contributed by atoms with Gasteiger partial charge in [0.2, 0.25) is 0 Å². The lowest BCUT2D eigenvalue weighted by Crippen LogP contribution is -2.41. The lowest BCUT2D eigenvalue weighted by Gasteiger charge is -2.33. The van der Waals surface area contributed by atoms with Crippen LogP contribution in [0.25, 0.3) is 11.6 Å². The molecule has 1 aliphatic carbocycles. The lowest BCUT2D eigenvalue weighted by atomic mass is 9.77. The second kappa shape index (κ2) is 4.94. The van der Waals surface area contributed by atoms with Crippen LogP contribution in [0.1, 0.15) is 38.4 Å². The van der Waals surface area contributed by atoms with E-state index in [-0.39, 0.29) is 5.89 Å². The van der Waals surface area contributed by atoms with Crippen LogP contribution in [0.3, 0.4) is 0 Å². The lowest BCUT2D eigenvalue weighted by molar-refractivity contribution is 0.230. The molecule has 1 saturated carbocycles. The van der Waals surface area contributed by atoms with E-state index in [1.807, 2.05) is 0 Å². The summed E-state index contributed by atoms with van der Waals surface area (Å²) in [5, 5.41) is 3.99. The molecule has 0 aromatic carbocycles. The van der Waals surface area contributed by atoms with Crippen molar-refractivity contribution in [2.45, 2.75) is 38.1 Å². The Morgan fingerprint density at radius 3 is 2.75 bits per heavy atom. The van der Waals surface area contributed by atoms with E-state index in [0.717, 1.165) is 31.9 Å². The maximum absolute atomic E-state index is 12.8. The fourth-order valence-electron chi connectivity index (χ4n) is 2.53. The van der Waals surface area contributed by atoms with Crippen molar-refractivity contribution in [1.29, 1.82) is 0 Å². The van der Waals surface area contributed by atoms with Crippen LogP contribution >= 0.6 is 0 Å². The van der Waals surface area contributed by atoms with Crippen LogP contribution in [0.15, 0.2) is 22.9 Å². The van der Waals surface area contributed by atoms with Gasteiger partial charge in [0.05, 0.1) is 11.7 Å². The highest BCUT2D eigenvalue weighted by Crippen LogP contribution is 2.36. The number of halogens is 1. The van der Waals surface area contributed by atoms with Crippen LogP contribution in [0.2, 0.25) is 0 Å². The van der Waals surface area contributed by atoms with Crippen molar-refractivity contribution in [3.8, 4) is 11.6 Å². The van der Waals surface area contributed by atoms with Crippen LogP contribution in [-0.4, -0.2) is 15.1 Å². The molecule has 2 aromatic rings. The molecule has 1 fully saturated rings. The van der Waals surface area contributed by atoms with E-state index < -0.39 is 11.4 Å². The zero-order chi connectivity index (χ0) is 14.2.